The number of quaternary nitrogens is 2. The molecule has 0 bridgehead atoms. The SMILES string of the molecule is C=CCn1c(-c2ccccc2)nn(C[NH+]2CC[NH+](CC(=O)NC(C)(C)C)CC2)c1=S. The number of hydrogen-bond acceptors (Lipinski definition) is 3. The first-order chi connectivity index (χ1) is 14.3. The topological polar surface area (TPSA) is 60.7 Å². The second kappa shape index (κ2) is 9.68. The van der Waals surface area contributed by atoms with E-state index in [0.29, 0.717) is 13.1 Å². The van der Waals surface area contributed by atoms with Crippen LogP contribution in [-0.4, -0.2) is 58.5 Å². The van der Waals surface area contributed by atoms with Crippen molar-refractivity contribution in [1.82, 2.24) is 19.7 Å². The van der Waals surface area contributed by atoms with E-state index in [0.717, 1.165) is 49.0 Å². The van der Waals surface area contributed by atoms with Crippen molar-refractivity contribution in [1.29, 1.82) is 0 Å². The summed E-state index contributed by atoms with van der Waals surface area (Å²) in [5.41, 5.74) is 0.874. The van der Waals surface area contributed by atoms with E-state index in [-0.39, 0.29) is 11.4 Å². The molecule has 0 atom stereocenters. The van der Waals surface area contributed by atoms with Crippen LogP contribution in [0.4, 0.5) is 0 Å². The zero-order chi connectivity index (χ0) is 21.7. The summed E-state index contributed by atoms with van der Waals surface area (Å²) in [6.45, 7) is 15.8. The predicted molar refractivity (Wildman–Crippen MR) is 121 cm³/mol. The molecule has 162 valence electrons. The molecule has 2 aromatic rings. The lowest BCUT2D eigenvalue weighted by Crippen LogP contribution is -3.28. The zero-order valence-corrected chi connectivity index (χ0v) is 19.1. The van der Waals surface area contributed by atoms with Crippen LogP contribution in [-0.2, 0) is 18.0 Å². The van der Waals surface area contributed by atoms with Crippen molar-refractivity contribution < 1.29 is 14.6 Å². The number of allylic oxidation sites excluding steroid dienone is 1. The highest BCUT2D eigenvalue weighted by molar-refractivity contribution is 7.71. The maximum atomic E-state index is 12.2. The average Bonchev–Trinajstić information content (AvgIpc) is 2.99. The molecule has 0 unspecified atom stereocenters. The Labute approximate surface area is 184 Å². The van der Waals surface area contributed by atoms with Crippen molar-refractivity contribution in [3.05, 3.63) is 47.8 Å². The van der Waals surface area contributed by atoms with Gasteiger partial charge in [0.2, 0.25) is 4.77 Å². The fraction of sp³-hybridized carbons (Fsp3) is 0.500. The second-order valence-corrected chi connectivity index (χ2v) is 9.37. The Hall–Kier alpha value is -2.29. The van der Waals surface area contributed by atoms with E-state index >= 15 is 0 Å². The predicted octanol–water partition coefficient (Wildman–Crippen LogP) is -0.0773. The maximum absolute atomic E-state index is 12.2. The second-order valence-electron chi connectivity index (χ2n) is 9.00. The van der Waals surface area contributed by atoms with Gasteiger partial charge in [-0.15, -0.1) is 11.7 Å². The molecule has 1 fully saturated rings. The van der Waals surface area contributed by atoms with Gasteiger partial charge in [-0.2, -0.15) is 4.68 Å². The van der Waals surface area contributed by atoms with Gasteiger partial charge in [-0.1, -0.05) is 36.4 Å². The molecule has 0 spiro atoms. The Bertz CT molecular complexity index is 919. The molecule has 1 aromatic heterocycles. The van der Waals surface area contributed by atoms with E-state index in [1.165, 1.54) is 9.80 Å². The summed E-state index contributed by atoms with van der Waals surface area (Å²) < 4.78 is 4.70. The molecule has 30 heavy (non-hydrogen) atoms. The van der Waals surface area contributed by atoms with E-state index in [1.807, 2.05) is 54.3 Å². The maximum Gasteiger partial charge on any atom is 0.275 e. The van der Waals surface area contributed by atoms with E-state index < -0.39 is 0 Å². The standard InChI is InChI=1S/C22H32N6OS/c1-5-11-27-20(18-9-7-6-8-10-18)24-28(21(27)30)17-26-14-12-25(13-15-26)16-19(29)23-22(2,3)4/h5-10H,1,11-17H2,2-4H3,(H,23,29)/p+2. The molecule has 1 aliphatic rings. The van der Waals surface area contributed by atoms with Crippen molar-refractivity contribution >= 4 is 18.1 Å². The van der Waals surface area contributed by atoms with Crippen molar-refractivity contribution in [2.45, 2.75) is 39.5 Å². The number of rotatable bonds is 7. The van der Waals surface area contributed by atoms with E-state index in [4.69, 9.17) is 17.3 Å². The van der Waals surface area contributed by atoms with Crippen LogP contribution < -0.4 is 15.1 Å². The number of nitrogens with one attached hydrogen (secondary N) is 3. The minimum Gasteiger partial charge on any atom is -0.347 e. The Morgan fingerprint density at radius 1 is 1.20 bits per heavy atom. The monoisotopic (exact) mass is 430 g/mol. The molecule has 0 aliphatic carbocycles. The molecule has 1 saturated heterocycles. The third kappa shape index (κ3) is 5.87. The molecular formula is C22H34N6OS+2. The third-order valence-electron chi connectivity index (χ3n) is 5.23. The lowest BCUT2D eigenvalue weighted by atomic mass is 10.1. The number of benzene rings is 1. The van der Waals surface area contributed by atoms with Crippen LogP contribution in [0.1, 0.15) is 20.8 Å². The normalized spacial score (nSPS) is 19.4. The summed E-state index contributed by atoms with van der Waals surface area (Å²) in [6.07, 6.45) is 1.85. The van der Waals surface area contributed by atoms with Crippen molar-refractivity contribution in [3.8, 4) is 11.4 Å². The highest BCUT2D eigenvalue weighted by Crippen LogP contribution is 2.17. The van der Waals surface area contributed by atoms with Gasteiger partial charge in [-0.25, -0.2) is 0 Å². The third-order valence-corrected chi connectivity index (χ3v) is 5.66. The van der Waals surface area contributed by atoms with Gasteiger partial charge in [0.15, 0.2) is 19.0 Å². The van der Waals surface area contributed by atoms with Crippen LogP contribution in [0.25, 0.3) is 11.4 Å². The van der Waals surface area contributed by atoms with Gasteiger partial charge in [0.05, 0.1) is 0 Å². The molecular weight excluding hydrogens is 396 g/mol. The molecule has 7 nitrogen and oxygen atoms in total. The number of carbonyl (C=O) groups excluding carboxylic acids is 1. The molecule has 1 aliphatic heterocycles. The number of aromatic nitrogens is 3. The average molecular weight is 431 g/mol. The van der Waals surface area contributed by atoms with Crippen LogP contribution in [0.5, 0.6) is 0 Å². The van der Waals surface area contributed by atoms with Crippen molar-refractivity contribution in [3.63, 3.8) is 0 Å². The van der Waals surface area contributed by atoms with Crippen LogP contribution >= 0.6 is 12.2 Å². The van der Waals surface area contributed by atoms with Gasteiger partial charge < -0.3 is 15.1 Å². The molecule has 2 heterocycles. The lowest BCUT2D eigenvalue weighted by Gasteiger charge is -2.30. The first-order valence-electron chi connectivity index (χ1n) is 10.6. The largest absolute Gasteiger partial charge is 0.347 e. The van der Waals surface area contributed by atoms with Gasteiger partial charge in [0.1, 0.15) is 26.2 Å². The van der Waals surface area contributed by atoms with E-state index in [1.54, 1.807) is 0 Å². The summed E-state index contributed by atoms with van der Waals surface area (Å²) in [5, 5.41) is 7.89. The lowest BCUT2D eigenvalue weighted by molar-refractivity contribution is -1.02. The van der Waals surface area contributed by atoms with Crippen LogP contribution in [0, 0.1) is 4.77 Å². The van der Waals surface area contributed by atoms with Gasteiger partial charge >= 0.3 is 0 Å². The quantitative estimate of drug-likeness (QED) is 0.426. The molecule has 3 N–H and O–H groups in total. The number of nitrogens with zero attached hydrogens (tertiary/aromatic N) is 3. The summed E-state index contributed by atoms with van der Waals surface area (Å²) in [4.78, 5) is 15.0. The number of amides is 1. The highest BCUT2D eigenvalue weighted by Gasteiger charge is 2.27. The highest BCUT2D eigenvalue weighted by atomic mass is 32.1. The molecule has 3 rings (SSSR count). The number of piperazine rings is 1. The minimum absolute atomic E-state index is 0.124. The van der Waals surface area contributed by atoms with Gasteiger partial charge in [0, 0.05) is 17.6 Å². The van der Waals surface area contributed by atoms with Gasteiger partial charge in [0.25, 0.3) is 5.91 Å². The van der Waals surface area contributed by atoms with Crippen LogP contribution in [0.15, 0.2) is 43.0 Å². The Morgan fingerprint density at radius 2 is 1.83 bits per heavy atom. The molecule has 0 radical (unpaired) electrons. The molecule has 8 heteroatoms. The molecule has 1 amide bonds. The van der Waals surface area contributed by atoms with Crippen LogP contribution in [0.2, 0.25) is 0 Å². The van der Waals surface area contributed by atoms with E-state index in [9.17, 15) is 4.79 Å². The minimum atomic E-state index is -0.180. The number of carbonyl (C=O) groups is 1. The first kappa shape index (κ1) is 22.4. The summed E-state index contributed by atoms with van der Waals surface area (Å²) in [6, 6.07) is 10.1. The fourth-order valence-electron chi connectivity index (χ4n) is 3.83. The Balaban J connectivity index is 1.63. The van der Waals surface area contributed by atoms with E-state index in [2.05, 4.69) is 24.0 Å². The van der Waals surface area contributed by atoms with Gasteiger partial charge in [-0.05, 0) is 33.0 Å². The smallest absolute Gasteiger partial charge is 0.275 e. The fourth-order valence-corrected chi connectivity index (χ4v) is 4.10. The summed E-state index contributed by atoms with van der Waals surface area (Å²) in [7, 11) is 0. The summed E-state index contributed by atoms with van der Waals surface area (Å²) in [5.74, 6) is 1.00. The number of hydrogen-bond donors (Lipinski definition) is 3. The summed E-state index contributed by atoms with van der Waals surface area (Å²) >= 11 is 5.72. The van der Waals surface area contributed by atoms with Gasteiger partial charge in [-0.3, -0.25) is 9.36 Å². The Morgan fingerprint density at radius 3 is 2.43 bits per heavy atom. The van der Waals surface area contributed by atoms with Crippen LogP contribution in [0.3, 0.4) is 0 Å². The first-order valence-corrected chi connectivity index (χ1v) is 11.0. The molecule has 0 saturated carbocycles. The Kier molecular flexibility index (Phi) is 7.23. The van der Waals surface area contributed by atoms with Crippen molar-refractivity contribution in [2.75, 3.05) is 32.7 Å². The van der Waals surface area contributed by atoms with Crippen molar-refractivity contribution in [2.24, 2.45) is 0 Å². The zero-order valence-electron chi connectivity index (χ0n) is 18.3. The molecule has 1 aromatic carbocycles.